The Kier molecular flexibility index (Phi) is 4.39. The number of rotatable bonds is 5. The number of aliphatic hydroxyl groups is 2. The summed E-state index contributed by atoms with van der Waals surface area (Å²) in [5.41, 5.74) is 0.511. The summed E-state index contributed by atoms with van der Waals surface area (Å²) in [6.07, 6.45) is -0.964. The zero-order valence-electron chi connectivity index (χ0n) is 9.56. The zero-order valence-corrected chi connectivity index (χ0v) is 9.56. The van der Waals surface area contributed by atoms with Crippen LogP contribution in [0.5, 0.6) is 17.2 Å². The van der Waals surface area contributed by atoms with Crippen molar-refractivity contribution in [1.29, 1.82) is 0 Å². The Morgan fingerprint density at radius 1 is 1.06 bits per heavy atom. The van der Waals surface area contributed by atoms with Gasteiger partial charge in [0, 0.05) is 0 Å². The van der Waals surface area contributed by atoms with Gasteiger partial charge in [-0.1, -0.05) is 0 Å². The molecular weight excluding hydrogens is 212 g/mol. The topological polar surface area (TPSA) is 68.2 Å². The van der Waals surface area contributed by atoms with Crippen LogP contribution in [-0.2, 0) is 0 Å². The van der Waals surface area contributed by atoms with E-state index in [4.69, 9.17) is 19.3 Å². The van der Waals surface area contributed by atoms with Gasteiger partial charge in [-0.3, -0.25) is 0 Å². The molecule has 0 fully saturated rings. The molecule has 1 atom stereocenters. The van der Waals surface area contributed by atoms with E-state index in [-0.39, 0.29) is 6.61 Å². The molecule has 90 valence electrons. The molecule has 1 aromatic rings. The van der Waals surface area contributed by atoms with Gasteiger partial charge < -0.3 is 24.4 Å². The van der Waals surface area contributed by atoms with Crippen molar-refractivity contribution in [2.45, 2.75) is 6.10 Å². The molecule has 0 aliphatic heterocycles. The molecule has 1 rings (SSSR count). The summed E-state index contributed by atoms with van der Waals surface area (Å²) in [5.74, 6) is 1.35. The summed E-state index contributed by atoms with van der Waals surface area (Å²) >= 11 is 0. The van der Waals surface area contributed by atoms with E-state index in [0.717, 1.165) is 0 Å². The van der Waals surface area contributed by atoms with E-state index in [1.165, 1.54) is 21.3 Å². The van der Waals surface area contributed by atoms with Crippen LogP contribution in [0.25, 0.3) is 0 Å². The Bertz CT molecular complexity index is 325. The molecule has 0 bridgehead atoms. The molecule has 5 nitrogen and oxygen atoms in total. The van der Waals surface area contributed by atoms with E-state index in [1.54, 1.807) is 12.1 Å². The Morgan fingerprint density at radius 2 is 1.56 bits per heavy atom. The molecule has 0 saturated carbocycles. The summed E-state index contributed by atoms with van der Waals surface area (Å²) in [6, 6.07) is 3.20. The maximum Gasteiger partial charge on any atom is 0.203 e. The van der Waals surface area contributed by atoms with Crippen molar-refractivity contribution in [3.63, 3.8) is 0 Å². The molecule has 5 heteroatoms. The first-order valence-electron chi connectivity index (χ1n) is 4.76. The van der Waals surface area contributed by atoms with Gasteiger partial charge in [0.15, 0.2) is 11.5 Å². The molecule has 0 spiro atoms. The SMILES string of the molecule is COc1cc(C(O)CO)cc(OC)c1OC. The lowest BCUT2D eigenvalue weighted by Gasteiger charge is -2.15. The molecule has 0 aliphatic carbocycles. The van der Waals surface area contributed by atoms with Gasteiger partial charge in [0.1, 0.15) is 6.10 Å². The van der Waals surface area contributed by atoms with E-state index in [2.05, 4.69) is 0 Å². The normalized spacial score (nSPS) is 12.1. The van der Waals surface area contributed by atoms with Gasteiger partial charge >= 0.3 is 0 Å². The molecule has 0 heterocycles. The van der Waals surface area contributed by atoms with Crippen LogP contribution in [0, 0.1) is 0 Å². The minimum absolute atomic E-state index is 0.362. The van der Waals surface area contributed by atoms with Crippen LogP contribution in [0.3, 0.4) is 0 Å². The van der Waals surface area contributed by atoms with Crippen molar-refractivity contribution in [3.05, 3.63) is 17.7 Å². The molecule has 0 aliphatic rings. The highest BCUT2D eigenvalue weighted by Crippen LogP contribution is 2.39. The maximum atomic E-state index is 9.53. The summed E-state index contributed by atoms with van der Waals surface area (Å²) in [7, 11) is 4.49. The number of hydrogen-bond donors (Lipinski definition) is 2. The molecule has 0 amide bonds. The number of ether oxygens (including phenoxy) is 3. The van der Waals surface area contributed by atoms with E-state index < -0.39 is 6.10 Å². The Balaban J connectivity index is 3.25. The molecule has 0 radical (unpaired) electrons. The predicted molar refractivity (Wildman–Crippen MR) is 58.1 cm³/mol. The monoisotopic (exact) mass is 228 g/mol. The third-order valence-corrected chi connectivity index (χ3v) is 2.24. The largest absolute Gasteiger partial charge is 0.493 e. The summed E-state index contributed by atoms with van der Waals surface area (Å²) in [6.45, 7) is -0.362. The lowest BCUT2D eigenvalue weighted by atomic mass is 10.1. The molecule has 0 aromatic heterocycles. The predicted octanol–water partition coefficient (Wildman–Crippen LogP) is 0.738. The van der Waals surface area contributed by atoms with Crippen molar-refractivity contribution >= 4 is 0 Å². The van der Waals surface area contributed by atoms with Crippen molar-refractivity contribution in [1.82, 2.24) is 0 Å². The van der Waals surface area contributed by atoms with E-state index in [0.29, 0.717) is 22.8 Å². The van der Waals surface area contributed by atoms with Crippen LogP contribution in [-0.4, -0.2) is 38.1 Å². The Hall–Kier alpha value is -1.46. The first kappa shape index (κ1) is 12.6. The summed E-state index contributed by atoms with van der Waals surface area (Å²) in [5, 5.41) is 18.4. The van der Waals surface area contributed by atoms with Gasteiger partial charge in [-0.25, -0.2) is 0 Å². The van der Waals surface area contributed by atoms with Gasteiger partial charge in [0.05, 0.1) is 27.9 Å². The first-order chi connectivity index (χ1) is 7.67. The molecule has 16 heavy (non-hydrogen) atoms. The maximum absolute atomic E-state index is 9.53. The molecule has 1 unspecified atom stereocenters. The second-order valence-electron chi connectivity index (χ2n) is 3.16. The van der Waals surface area contributed by atoms with Gasteiger partial charge in [-0.2, -0.15) is 0 Å². The highest BCUT2D eigenvalue weighted by Gasteiger charge is 2.16. The zero-order chi connectivity index (χ0) is 12.1. The van der Waals surface area contributed by atoms with Crippen LogP contribution in [0.2, 0.25) is 0 Å². The van der Waals surface area contributed by atoms with Gasteiger partial charge in [0.2, 0.25) is 5.75 Å². The fourth-order valence-electron chi connectivity index (χ4n) is 1.40. The molecule has 0 saturated heterocycles. The number of methoxy groups -OCH3 is 3. The second kappa shape index (κ2) is 5.58. The minimum Gasteiger partial charge on any atom is -0.493 e. The third kappa shape index (κ3) is 2.37. The van der Waals surface area contributed by atoms with Crippen LogP contribution in [0.4, 0.5) is 0 Å². The first-order valence-corrected chi connectivity index (χ1v) is 4.76. The minimum atomic E-state index is -0.964. The van der Waals surface area contributed by atoms with Crippen molar-refractivity contribution in [2.24, 2.45) is 0 Å². The highest BCUT2D eigenvalue weighted by atomic mass is 16.5. The number of benzene rings is 1. The Labute approximate surface area is 94.2 Å². The second-order valence-corrected chi connectivity index (χ2v) is 3.16. The highest BCUT2D eigenvalue weighted by molar-refractivity contribution is 5.54. The van der Waals surface area contributed by atoms with E-state index >= 15 is 0 Å². The fraction of sp³-hybridized carbons (Fsp3) is 0.455. The van der Waals surface area contributed by atoms with Crippen LogP contribution < -0.4 is 14.2 Å². The van der Waals surface area contributed by atoms with E-state index in [9.17, 15) is 5.11 Å². The number of aliphatic hydroxyl groups excluding tert-OH is 2. The molecular formula is C11H16O5. The Morgan fingerprint density at radius 3 is 1.88 bits per heavy atom. The third-order valence-electron chi connectivity index (χ3n) is 2.24. The van der Waals surface area contributed by atoms with Crippen molar-refractivity contribution in [2.75, 3.05) is 27.9 Å². The van der Waals surface area contributed by atoms with Crippen molar-refractivity contribution in [3.8, 4) is 17.2 Å². The average Bonchev–Trinajstić information content (AvgIpc) is 2.35. The molecule has 2 N–H and O–H groups in total. The van der Waals surface area contributed by atoms with Crippen LogP contribution in [0.1, 0.15) is 11.7 Å². The van der Waals surface area contributed by atoms with Crippen LogP contribution in [0.15, 0.2) is 12.1 Å². The van der Waals surface area contributed by atoms with Crippen LogP contribution >= 0.6 is 0 Å². The van der Waals surface area contributed by atoms with Gasteiger partial charge in [-0.05, 0) is 17.7 Å². The standard InChI is InChI=1S/C11H16O5/c1-14-9-4-7(8(13)6-12)5-10(15-2)11(9)16-3/h4-5,8,12-13H,6H2,1-3H3. The van der Waals surface area contributed by atoms with E-state index in [1.807, 2.05) is 0 Å². The summed E-state index contributed by atoms with van der Waals surface area (Å²) < 4.78 is 15.4. The average molecular weight is 228 g/mol. The smallest absolute Gasteiger partial charge is 0.203 e. The summed E-state index contributed by atoms with van der Waals surface area (Å²) in [4.78, 5) is 0. The molecule has 1 aromatic carbocycles. The van der Waals surface area contributed by atoms with Gasteiger partial charge in [0.25, 0.3) is 0 Å². The lowest BCUT2D eigenvalue weighted by molar-refractivity contribution is 0.0951. The fourth-order valence-corrected chi connectivity index (χ4v) is 1.40. The van der Waals surface area contributed by atoms with Crippen molar-refractivity contribution < 1.29 is 24.4 Å². The van der Waals surface area contributed by atoms with Gasteiger partial charge in [-0.15, -0.1) is 0 Å². The number of hydrogen-bond acceptors (Lipinski definition) is 5. The lowest BCUT2D eigenvalue weighted by Crippen LogP contribution is -2.04. The quantitative estimate of drug-likeness (QED) is 0.778.